The van der Waals surface area contributed by atoms with Crippen LogP contribution in [0.2, 0.25) is 0 Å². The maximum Gasteiger partial charge on any atom is 0.344 e. The summed E-state index contributed by atoms with van der Waals surface area (Å²) in [4.78, 5) is 26.6. The van der Waals surface area contributed by atoms with Gasteiger partial charge < -0.3 is 18.6 Å². The first-order valence-electron chi connectivity index (χ1n) is 10.3. The number of imidazole rings is 1. The lowest BCUT2D eigenvalue weighted by molar-refractivity contribution is 0.234. The van der Waals surface area contributed by atoms with Gasteiger partial charge in [0.2, 0.25) is 0 Å². The predicted molar refractivity (Wildman–Crippen MR) is 118 cm³/mol. The van der Waals surface area contributed by atoms with Gasteiger partial charge in [-0.2, -0.15) is 0 Å². The van der Waals surface area contributed by atoms with Crippen molar-refractivity contribution in [2.24, 2.45) is 0 Å². The Bertz CT molecular complexity index is 1320. The van der Waals surface area contributed by atoms with E-state index < -0.39 is 0 Å². The van der Waals surface area contributed by atoms with Crippen LogP contribution in [0.25, 0.3) is 27.9 Å². The van der Waals surface area contributed by atoms with Crippen LogP contribution in [-0.4, -0.2) is 52.0 Å². The van der Waals surface area contributed by atoms with Crippen LogP contribution >= 0.6 is 0 Å². The van der Waals surface area contributed by atoms with Crippen LogP contribution in [-0.2, 0) is 0 Å². The number of nitrogens with zero attached hydrogens (tertiary/aromatic N) is 5. The molecule has 1 fully saturated rings. The smallest absolute Gasteiger partial charge is 0.344 e. The quantitative estimate of drug-likeness (QED) is 0.512. The molecular formula is C23H25N5O2. The van der Waals surface area contributed by atoms with Crippen molar-refractivity contribution in [3.05, 3.63) is 58.5 Å². The van der Waals surface area contributed by atoms with E-state index in [2.05, 4.69) is 39.8 Å². The van der Waals surface area contributed by atoms with E-state index >= 15 is 0 Å². The molecule has 1 saturated heterocycles. The molecule has 1 aliphatic heterocycles. The fraction of sp³-hybridized carbons (Fsp3) is 0.348. The van der Waals surface area contributed by atoms with Gasteiger partial charge in [-0.05, 0) is 51.4 Å². The molecule has 7 nitrogen and oxygen atoms in total. The van der Waals surface area contributed by atoms with Gasteiger partial charge in [-0.3, -0.25) is 4.98 Å². The molecule has 0 radical (unpaired) electrons. The van der Waals surface area contributed by atoms with Crippen LogP contribution in [0.5, 0.6) is 0 Å². The molecule has 1 atom stereocenters. The Morgan fingerprint density at radius 1 is 1.10 bits per heavy atom. The average molecular weight is 403 g/mol. The molecule has 30 heavy (non-hydrogen) atoms. The van der Waals surface area contributed by atoms with Gasteiger partial charge in [-0.15, -0.1) is 0 Å². The molecule has 0 aliphatic carbocycles. The minimum Gasteiger partial charge on any atom is -0.421 e. The number of hydrogen-bond acceptors (Lipinski definition) is 6. The molecule has 3 aromatic heterocycles. The highest BCUT2D eigenvalue weighted by Gasteiger charge is 2.21. The van der Waals surface area contributed by atoms with Crippen molar-refractivity contribution < 1.29 is 4.42 Å². The molecule has 0 saturated carbocycles. The summed E-state index contributed by atoms with van der Waals surface area (Å²) in [7, 11) is 2.15. The van der Waals surface area contributed by atoms with Gasteiger partial charge in [0.15, 0.2) is 11.4 Å². The van der Waals surface area contributed by atoms with Gasteiger partial charge >= 0.3 is 5.63 Å². The maximum absolute atomic E-state index is 12.8. The van der Waals surface area contributed by atoms with E-state index in [0.717, 1.165) is 47.7 Å². The van der Waals surface area contributed by atoms with Crippen molar-refractivity contribution in [3.8, 4) is 11.5 Å². The Hall–Kier alpha value is -3.19. The van der Waals surface area contributed by atoms with Crippen LogP contribution in [0.3, 0.4) is 0 Å². The molecule has 0 N–H and O–H groups in total. The first kappa shape index (κ1) is 18.8. The summed E-state index contributed by atoms with van der Waals surface area (Å²) in [6, 6.07) is 8.41. The molecule has 4 aromatic rings. The summed E-state index contributed by atoms with van der Waals surface area (Å²) in [5.74, 6) is 0.467. The summed E-state index contributed by atoms with van der Waals surface area (Å²) in [6.07, 6.45) is 3.79. The number of benzene rings is 1. The van der Waals surface area contributed by atoms with Gasteiger partial charge in [0.05, 0.1) is 16.8 Å². The monoisotopic (exact) mass is 403 g/mol. The minimum absolute atomic E-state index is 0.338. The summed E-state index contributed by atoms with van der Waals surface area (Å²) >= 11 is 0. The molecule has 5 rings (SSSR count). The fourth-order valence-electron chi connectivity index (χ4n) is 4.20. The molecule has 0 unspecified atom stereocenters. The number of fused-ring (bicyclic) bond motifs is 2. The van der Waals surface area contributed by atoms with Crippen LogP contribution in [0, 0.1) is 13.8 Å². The lowest BCUT2D eigenvalue weighted by atomic mass is 10.1. The van der Waals surface area contributed by atoms with Crippen molar-refractivity contribution in [1.82, 2.24) is 19.3 Å². The second kappa shape index (κ2) is 6.95. The van der Waals surface area contributed by atoms with Crippen molar-refractivity contribution in [1.29, 1.82) is 0 Å². The normalized spacial score (nSPS) is 17.9. The van der Waals surface area contributed by atoms with Gasteiger partial charge in [0.25, 0.3) is 0 Å². The summed E-state index contributed by atoms with van der Waals surface area (Å²) < 4.78 is 7.60. The van der Waals surface area contributed by atoms with E-state index in [1.165, 1.54) is 0 Å². The lowest BCUT2D eigenvalue weighted by Gasteiger charge is -2.39. The number of rotatable bonds is 2. The molecule has 7 heteroatoms. The third-order valence-corrected chi connectivity index (χ3v) is 6.05. The average Bonchev–Trinajstić information content (AvgIpc) is 3.14. The molecule has 1 aromatic carbocycles. The Balaban J connectivity index is 1.55. The predicted octanol–water partition coefficient (Wildman–Crippen LogP) is 3.26. The maximum atomic E-state index is 12.8. The third kappa shape index (κ3) is 3.15. The zero-order valence-corrected chi connectivity index (χ0v) is 17.7. The Morgan fingerprint density at radius 2 is 1.93 bits per heavy atom. The zero-order chi connectivity index (χ0) is 21.0. The van der Waals surface area contributed by atoms with E-state index in [-0.39, 0.29) is 5.63 Å². The molecule has 1 aliphatic rings. The summed E-state index contributed by atoms with van der Waals surface area (Å²) in [5, 5.41) is 1.45. The summed E-state index contributed by atoms with van der Waals surface area (Å²) in [6.45, 7) is 9.00. The van der Waals surface area contributed by atoms with E-state index in [9.17, 15) is 4.79 Å². The van der Waals surface area contributed by atoms with Crippen LogP contribution in [0.15, 0.2) is 45.9 Å². The number of piperazine rings is 1. The highest BCUT2D eigenvalue weighted by molar-refractivity contribution is 5.87. The number of aromatic nitrogens is 3. The van der Waals surface area contributed by atoms with Crippen molar-refractivity contribution in [2.75, 3.05) is 31.6 Å². The largest absolute Gasteiger partial charge is 0.421 e. The van der Waals surface area contributed by atoms with Crippen LogP contribution in [0.4, 0.5) is 5.69 Å². The van der Waals surface area contributed by atoms with Crippen molar-refractivity contribution in [3.63, 3.8) is 0 Å². The first-order valence-corrected chi connectivity index (χ1v) is 10.3. The number of aryl methyl sites for hydroxylation is 2. The molecule has 154 valence electrons. The van der Waals surface area contributed by atoms with E-state index in [4.69, 9.17) is 4.42 Å². The van der Waals surface area contributed by atoms with Gasteiger partial charge in [0.1, 0.15) is 5.69 Å². The van der Waals surface area contributed by atoms with Gasteiger partial charge in [0, 0.05) is 43.8 Å². The van der Waals surface area contributed by atoms with Crippen molar-refractivity contribution in [2.45, 2.75) is 26.8 Å². The lowest BCUT2D eigenvalue weighted by Crippen LogP contribution is -2.50. The number of likely N-dealkylation sites (N-methyl/N-ethyl adjacent to an activating group) is 1. The van der Waals surface area contributed by atoms with Crippen LogP contribution < -0.4 is 10.5 Å². The van der Waals surface area contributed by atoms with Crippen molar-refractivity contribution >= 4 is 22.1 Å². The highest BCUT2D eigenvalue weighted by Crippen LogP contribution is 2.26. The van der Waals surface area contributed by atoms with Gasteiger partial charge in [-0.25, -0.2) is 9.78 Å². The number of anilines is 1. The molecule has 0 spiro atoms. The Labute approximate surface area is 174 Å². The van der Waals surface area contributed by atoms with E-state index in [1.54, 1.807) is 0 Å². The first-order chi connectivity index (χ1) is 14.4. The van der Waals surface area contributed by atoms with Crippen LogP contribution in [0.1, 0.15) is 18.3 Å². The second-order valence-electron chi connectivity index (χ2n) is 8.27. The molecule has 4 heterocycles. The topological polar surface area (TPSA) is 66.9 Å². The zero-order valence-electron chi connectivity index (χ0n) is 17.7. The van der Waals surface area contributed by atoms with E-state index in [0.29, 0.717) is 22.9 Å². The summed E-state index contributed by atoms with van der Waals surface area (Å²) in [5.41, 5.74) is 3.87. The fourth-order valence-corrected chi connectivity index (χ4v) is 4.20. The third-order valence-electron chi connectivity index (χ3n) is 6.05. The second-order valence-corrected chi connectivity index (χ2v) is 8.27. The SMILES string of the molecule is Cc1cn2cc(-c3cc4ccc(N5CCN(C)[C@H](C)C5)cc4c(=O)o3)nc2c(C)n1. The highest BCUT2D eigenvalue weighted by atomic mass is 16.4. The molecular weight excluding hydrogens is 378 g/mol. The van der Waals surface area contributed by atoms with Gasteiger partial charge in [-0.1, -0.05) is 6.07 Å². The Morgan fingerprint density at radius 3 is 2.73 bits per heavy atom. The molecule has 0 bridgehead atoms. The minimum atomic E-state index is -0.338. The number of hydrogen-bond donors (Lipinski definition) is 0. The Kier molecular flexibility index (Phi) is 4.36. The molecule has 0 amide bonds. The van der Waals surface area contributed by atoms with E-state index in [1.807, 2.05) is 48.8 Å². The standard InChI is InChI=1S/C23H25N5O2/c1-14-11-28-13-20(25-22(28)16(3)24-14)21-9-17-5-6-18(10-19(17)23(29)30-21)27-8-7-26(4)15(2)12-27/h5-6,9-11,13,15H,7-8,12H2,1-4H3/t15-/m1/s1.